The standard InChI is InChI=1S/C16H17ClFN3O/c1-21(11-12-5-8-19-9-6-12)16(22)20-10-7-13-14(17)3-2-4-15(13)18/h2-6,8-9H,7,10-11H2,1H3,(H,20,22). The van der Waals surface area contributed by atoms with Gasteiger partial charge in [-0.1, -0.05) is 17.7 Å². The molecule has 0 spiro atoms. The first-order chi connectivity index (χ1) is 10.6. The van der Waals surface area contributed by atoms with Crippen LogP contribution in [0.2, 0.25) is 5.02 Å². The lowest BCUT2D eigenvalue weighted by atomic mass is 10.1. The predicted molar refractivity (Wildman–Crippen MR) is 84.2 cm³/mol. The highest BCUT2D eigenvalue weighted by Gasteiger charge is 2.10. The topological polar surface area (TPSA) is 45.2 Å². The van der Waals surface area contributed by atoms with Crippen LogP contribution in [0, 0.1) is 5.82 Å². The molecule has 0 saturated carbocycles. The van der Waals surface area contributed by atoms with Gasteiger partial charge >= 0.3 is 6.03 Å². The number of halogens is 2. The molecule has 4 nitrogen and oxygen atoms in total. The molecule has 0 bridgehead atoms. The maximum atomic E-state index is 13.6. The molecule has 116 valence electrons. The molecule has 0 atom stereocenters. The summed E-state index contributed by atoms with van der Waals surface area (Å²) in [5.74, 6) is -0.355. The second-order valence-corrected chi connectivity index (χ2v) is 5.30. The monoisotopic (exact) mass is 321 g/mol. The second kappa shape index (κ2) is 7.75. The number of aromatic nitrogens is 1. The van der Waals surface area contributed by atoms with Crippen LogP contribution in [0.1, 0.15) is 11.1 Å². The highest BCUT2D eigenvalue weighted by Crippen LogP contribution is 2.18. The van der Waals surface area contributed by atoms with E-state index in [9.17, 15) is 9.18 Å². The summed E-state index contributed by atoms with van der Waals surface area (Å²) < 4.78 is 13.6. The van der Waals surface area contributed by atoms with Gasteiger partial charge in [0, 0.05) is 43.1 Å². The van der Waals surface area contributed by atoms with Crippen molar-refractivity contribution in [1.82, 2.24) is 15.2 Å². The molecule has 0 aliphatic carbocycles. The number of carbonyl (C=O) groups is 1. The molecule has 0 aliphatic heterocycles. The zero-order valence-corrected chi connectivity index (χ0v) is 13.0. The Balaban J connectivity index is 1.82. The van der Waals surface area contributed by atoms with Crippen molar-refractivity contribution >= 4 is 17.6 Å². The molecule has 1 aromatic heterocycles. The Kier molecular flexibility index (Phi) is 5.72. The van der Waals surface area contributed by atoms with E-state index in [4.69, 9.17) is 11.6 Å². The molecule has 1 heterocycles. The molecule has 0 saturated heterocycles. The lowest BCUT2D eigenvalue weighted by Crippen LogP contribution is -2.37. The number of hydrogen-bond donors (Lipinski definition) is 1. The summed E-state index contributed by atoms with van der Waals surface area (Å²) in [5.41, 5.74) is 1.41. The van der Waals surface area contributed by atoms with Gasteiger partial charge in [-0.15, -0.1) is 0 Å². The summed E-state index contributed by atoms with van der Waals surface area (Å²) in [6.07, 6.45) is 3.71. The van der Waals surface area contributed by atoms with Crippen molar-refractivity contribution in [1.29, 1.82) is 0 Å². The summed E-state index contributed by atoms with van der Waals surface area (Å²) in [7, 11) is 1.70. The number of rotatable bonds is 5. The maximum absolute atomic E-state index is 13.6. The zero-order valence-electron chi connectivity index (χ0n) is 12.2. The SMILES string of the molecule is CN(Cc1ccncc1)C(=O)NCCc1c(F)cccc1Cl. The van der Waals surface area contributed by atoms with Crippen molar-refractivity contribution in [3.63, 3.8) is 0 Å². The number of carbonyl (C=O) groups excluding carboxylic acids is 1. The molecule has 0 fully saturated rings. The van der Waals surface area contributed by atoms with E-state index in [1.54, 1.807) is 36.5 Å². The fourth-order valence-corrected chi connectivity index (χ4v) is 2.29. The Bertz CT molecular complexity index is 616. The molecule has 2 aromatic rings. The van der Waals surface area contributed by atoms with Gasteiger partial charge in [0.25, 0.3) is 0 Å². The summed E-state index contributed by atoms with van der Waals surface area (Å²) in [6, 6.07) is 8.04. The molecule has 2 amide bonds. The van der Waals surface area contributed by atoms with E-state index in [0.29, 0.717) is 30.1 Å². The minimum absolute atomic E-state index is 0.218. The lowest BCUT2D eigenvalue weighted by Gasteiger charge is -2.18. The molecule has 22 heavy (non-hydrogen) atoms. The van der Waals surface area contributed by atoms with Crippen LogP contribution in [0.4, 0.5) is 9.18 Å². The zero-order chi connectivity index (χ0) is 15.9. The lowest BCUT2D eigenvalue weighted by molar-refractivity contribution is 0.207. The average molecular weight is 322 g/mol. The van der Waals surface area contributed by atoms with Gasteiger partial charge in [-0.05, 0) is 36.2 Å². The quantitative estimate of drug-likeness (QED) is 0.918. The summed E-state index contributed by atoms with van der Waals surface area (Å²) in [4.78, 5) is 17.5. The van der Waals surface area contributed by atoms with Gasteiger partial charge in [-0.2, -0.15) is 0 Å². The first-order valence-electron chi connectivity index (χ1n) is 6.88. The van der Waals surface area contributed by atoms with Crippen molar-refractivity contribution in [3.05, 3.63) is 64.7 Å². The van der Waals surface area contributed by atoms with Crippen molar-refractivity contribution in [2.75, 3.05) is 13.6 Å². The number of urea groups is 1. The first kappa shape index (κ1) is 16.2. The Morgan fingerprint density at radius 2 is 2.05 bits per heavy atom. The van der Waals surface area contributed by atoms with Crippen LogP contribution in [0.25, 0.3) is 0 Å². The number of pyridine rings is 1. The number of hydrogen-bond acceptors (Lipinski definition) is 2. The van der Waals surface area contributed by atoms with Gasteiger partial charge in [0.1, 0.15) is 5.82 Å². The summed E-state index contributed by atoms with van der Waals surface area (Å²) in [6.45, 7) is 0.801. The van der Waals surface area contributed by atoms with Gasteiger partial charge in [-0.25, -0.2) is 9.18 Å². The Morgan fingerprint density at radius 1 is 1.32 bits per heavy atom. The predicted octanol–water partition coefficient (Wildman–Crippen LogP) is 3.26. The Morgan fingerprint density at radius 3 is 2.73 bits per heavy atom. The van der Waals surface area contributed by atoms with Crippen LogP contribution in [-0.2, 0) is 13.0 Å². The van der Waals surface area contributed by atoms with Gasteiger partial charge in [0.15, 0.2) is 0 Å². The maximum Gasteiger partial charge on any atom is 0.317 e. The number of nitrogens with one attached hydrogen (secondary N) is 1. The minimum atomic E-state index is -0.355. The summed E-state index contributed by atoms with van der Waals surface area (Å²) >= 11 is 5.95. The molecule has 0 aliphatic rings. The molecule has 2 rings (SSSR count). The molecular formula is C16H17ClFN3O. The highest BCUT2D eigenvalue weighted by molar-refractivity contribution is 6.31. The Hall–Kier alpha value is -2.14. The van der Waals surface area contributed by atoms with E-state index in [1.165, 1.54) is 6.07 Å². The van der Waals surface area contributed by atoms with E-state index in [1.807, 2.05) is 12.1 Å². The Labute approximate surface area is 133 Å². The van der Waals surface area contributed by atoms with Crippen LogP contribution >= 0.6 is 11.6 Å². The normalized spacial score (nSPS) is 10.3. The van der Waals surface area contributed by atoms with Gasteiger partial charge < -0.3 is 10.2 Å². The van der Waals surface area contributed by atoms with Crippen molar-refractivity contribution in [2.45, 2.75) is 13.0 Å². The van der Waals surface area contributed by atoms with Crippen LogP contribution in [0.5, 0.6) is 0 Å². The van der Waals surface area contributed by atoms with Gasteiger partial charge in [-0.3, -0.25) is 4.98 Å². The van der Waals surface area contributed by atoms with Gasteiger partial charge in [0.2, 0.25) is 0 Å². The average Bonchev–Trinajstić information content (AvgIpc) is 2.51. The number of amides is 2. The fraction of sp³-hybridized carbons (Fsp3) is 0.250. The van der Waals surface area contributed by atoms with Crippen molar-refractivity contribution in [3.8, 4) is 0 Å². The second-order valence-electron chi connectivity index (χ2n) is 4.89. The van der Waals surface area contributed by atoms with Crippen molar-refractivity contribution in [2.24, 2.45) is 0 Å². The summed E-state index contributed by atoms with van der Waals surface area (Å²) in [5, 5.41) is 3.13. The molecule has 0 unspecified atom stereocenters. The molecular weight excluding hydrogens is 305 g/mol. The third-order valence-corrected chi connectivity index (χ3v) is 3.58. The van der Waals surface area contributed by atoms with Crippen LogP contribution in [0.15, 0.2) is 42.7 Å². The van der Waals surface area contributed by atoms with E-state index >= 15 is 0 Å². The molecule has 1 N–H and O–H groups in total. The fourth-order valence-electron chi connectivity index (χ4n) is 2.03. The molecule has 1 aromatic carbocycles. The smallest absolute Gasteiger partial charge is 0.317 e. The molecule has 6 heteroatoms. The minimum Gasteiger partial charge on any atom is -0.338 e. The molecule has 0 radical (unpaired) electrons. The van der Waals surface area contributed by atoms with Crippen LogP contribution in [-0.4, -0.2) is 29.5 Å². The van der Waals surface area contributed by atoms with Crippen molar-refractivity contribution < 1.29 is 9.18 Å². The third-order valence-electron chi connectivity index (χ3n) is 3.23. The van der Waals surface area contributed by atoms with E-state index in [0.717, 1.165) is 5.56 Å². The van der Waals surface area contributed by atoms with E-state index < -0.39 is 0 Å². The third kappa shape index (κ3) is 4.43. The largest absolute Gasteiger partial charge is 0.338 e. The first-order valence-corrected chi connectivity index (χ1v) is 7.26. The van der Waals surface area contributed by atoms with E-state index in [2.05, 4.69) is 10.3 Å². The van der Waals surface area contributed by atoms with Crippen LogP contribution in [0.3, 0.4) is 0 Å². The highest BCUT2D eigenvalue weighted by atomic mass is 35.5. The van der Waals surface area contributed by atoms with Gasteiger partial charge in [0.05, 0.1) is 0 Å². The van der Waals surface area contributed by atoms with E-state index in [-0.39, 0.29) is 11.8 Å². The van der Waals surface area contributed by atoms with Crippen LogP contribution < -0.4 is 5.32 Å². The number of nitrogens with zero attached hydrogens (tertiary/aromatic N) is 2. The number of benzene rings is 1.